The van der Waals surface area contributed by atoms with Crippen molar-refractivity contribution in [1.82, 2.24) is 4.90 Å². The van der Waals surface area contributed by atoms with Gasteiger partial charge in [0.05, 0.1) is 5.92 Å². The molecule has 0 spiro atoms. The van der Waals surface area contributed by atoms with Gasteiger partial charge in [-0.25, -0.2) is 0 Å². The Labute approximate surface area is 118 Å². The fourth-order valence-corrected chi connectivity index (χ4v) is 2.80. The molecule has 3 atom stereocenters. The van der Waals surface area contributed by atoms with Crippen LogP contribution in [0.15, 0.2) is 0 Å². The fourth-order valence-electron chi connectivity index (χ4n) is 2.80. The quantitative estimate of drug-likeness (QED) is 0.847. The van der Waals surface area contributed by atoms with Crippen LogP contribution in [0.2, 0.25) is 0 Å². The van der Waals surface area contributed by atoms with E-state index in [0.29, 0.717) is 32.5 Å². The van der Waals surface area contributed by atoms with E-state index >= 15 is 0 Å². The molecule has 6 heteroatoms. The molecule has 1 fully saturated rings. The first-order valence-electron chi connectivity index (χ1n) is 7.35. The van der Waals surface area contributed by atoms with Gasteiger partial charge in [0.15, 0.2) is 0 Å². The molecular weight excluding hydrogens is 269 g/mol. The molecule has 118 valence electrons. The minimum absolute atomic E-state index is 0.0597. The lowest BCUT2D eigenvalue weighted by Gasteiger charge is -2.34. The highest BCUT2D eigenvalue weighted by atomic mass is 19.4. The number of nitrogens with two attached hydrogens (primary N) is 1. The van der Waals surface area contributed by atoms with E-state index in [1.54, 1.807) is 4.90 Å². The van der Waals surface area contributed by atoms with Crippen molar-refractivity contribution in [3.8, 4) is 0 Å². The molecule has 0 aromatic rings. The van der Waals surface area contributed by atoms with E-state index in [1.807, 2.05) is 13.8 Å². The van der Waals surface area contributed by atoms with Gasteiger partial charge in [-0.05, 0) is 38.6 Å². The maximum absolute atomic E-state index is 12.8. The van der Waals surface area contributed by atoms with Gasteiger partial charge in [0.2, 0.25) is 5.91 Å². The number of hydrogen-bond donors (Lipinski definition) is 1. The molecule has 1 saturated carbocycles. The van der Waals surface area contributed by atoms with Crippen molar-refractivity contribution in [3.63, 3.8) is 0 Å². The van der Waals surface area contributed by atoms with Crippen molar-refractivity contribution in [1.29, 1.82) is 0 Å². The molecule has 3 unspecified atom stereocenters. The summed E-state index contributed by atoms with van der Waals surface area (Å²) in [6.07, 6.45) is -3.04. The van der Waals surface area contributed by atoms with E-state index in [-0.39, 0.29) is 24.7 Å². The molecule has 2 N–H and O–H groups in total. The number of carbonyl (C=O) groups is 1. The first kappa shape index (κ1) is 17.3. The van der Waals surface area contributed by atoms with Crippen LogP contribution in [0.25, 0.3) is 0 Å². The Morgan fingerprint density at radius 2 is 2.05 bits per heavy atom. The Balaban J connectivity index is 2.65. The van der Waals surface area contributed by atoms with Crippen LogP contribution < -0.4 is 5.73 Å². The van der Waals surface area contributed by atoms with Gasteiger partial charge in [-0.15, -0.1) is 0 Å². The zero-order valence-corrected chi connectivity index (χ0v) is 12.2. The topological polar surface area (TPSA) is 46.3 Å². The molecular formula is C14H25F3N2O. The number of nitrogens with zero attached hydrogens (tertiary/aromatic N) is 1. The minimum Gasteiger partial charge on any atom is -0.342 e. The van der Waals surface area contributed by atoms with Crippen LogP contribution >= 0.6 is 0 Å². The fraction of sp³-hybridized carbons (Fsp3) is 0.929. The Morgan fingerprint density at radius 3 is 2.55 bits per heavy atom. The van der Waals surface area contributed by atoms with Gasteiger partial charge in [0.25, 0.3) is 0 Å². The maximum Gasteiger partial charge on any atom is 0.391 e. The third-order valence-corrected chi connectivity index (χ3v) is 4.11. The Kier molecular flexibility index (Phi) is 6.30. The smallest absolute Gasteiger partial charge is 0.342 e. The molecule has 1 aliphatic carbocycles. The van der Waals surface area contributed by atoms with Crippen molar-refractivity contribution < 1.29 is 18.0 Å². The van der Waals surface area contributed by atoms with Crippen LogP contribution in [-0.2, 0) is 4.79 Å². The van der Waals surface area contributed by atoms with E-state index in [9.17, 15) is 18.0 Å². The van der Waals surface area contributed by atoms with Gasteiger partial charge in [0, 0.05) is 19.0 Å². The van der Waals surface area contributed by atoms with E-state index in [4.69, 9.17) is 5.73 Å². The van der Waals surface area contributed by atoms with Crippen molar-refractivity contribution in [2.75, 3.05) is 19.6 Å². The lowest BCUT2D eigenvalue weighted by Crippen LogP contribution is -2.42. The summed E-state index contributed by atoms with van der Waals surface area (Å²) in [7, 11) is 0. The molecule has 20 heavy (non-hydrogen) atoms. The van der Waals surface area contributed by atoms with Gasteiger partial charge >= 0.3 is 6.18 Å². The predicted octanol–water partition coefficient (Wildman–Crippen LogP) is 2.80. The Bertz CT molecular complexity index is 320. The molecule has 3 nitrogen and oxygen atoms in total. The largest absolute Gasteiger partial charge is 0.391 e. The van der Waals surface area contributed by atoms with Gasteiger partial charge in [-0.3, -0.25) is 4.79 Å². The summed E-state index contributed by atoms with van der Waals surface area (Å²) in [4.78, 5) is 14.0. The second kappa shape index (κ2) is 7.29. The highest BCUT2D eigenvalue weighted by Gasteiger charge is 2.44. The average Bonchev–Trinajstić information content (AvgIpc) is 2.42. The highest BCUT2D eigenvalue weighted by Crippen LogP contribution is 2.40. The zero-order chi connectivity index (χ0) is 15.3. The lowest BCUT2D eigenvalue weighted by atomic mass is 9.80. The van der Waals surface area contributed by atoms with Crippen molar-refractivity contribution >= 4 is 5.91 Å². The Morgan fingerprint density at radius 1 is 1.40 bits per heavy atom. The lowest BCUT2D eigenvalue weighted by molar-refractivity contribution is -0.187. The number of halogens is 3. The van der Waals surface area contributed by atoms with E-state index < -0.39 is 18.0 Å². The summed E-state index contributed by atoms with van der Waals surface area (Å²) in [5, 5.41) is 0. The Hall–Kier alpha value is -0.780. The highest BCUT2D eigenvalue weighted by molar-refractivity contribution is 5.79. The third-order valence-electron chi connectivity index (χ3n) is 4.11. The van der Waals surface area contributed by atoms with E-state index in [0.717, 1.165) is 0 Å². The number of rotatable bonds is 5. The number of hydrogen-bond acceptors (Lipinski definition) is 2. The number of alkyl halides is 3. The predicted molar refractivity (Wildman–Crippen MR) is 72.0 cm³/mol. The van der Waals surface area contributed by atoms with Gasteiger partial charge in [0.1, 0.15) is 0 Å². The summed E-state index contributed by atoms with van der Waals surface area (Å²) < 4.78 is 38.4. The van der Waals surface area contributed by atoms with Gasteiger partial charge in [-0.1, -0.05) is 13.3 Å². The molecule has 1 amide bonds. The van der Waals surface area contributed by atoms with Crippen LogP contribution in [0.3, 0.4) is 0 Å². The standard InChI is InChI=1S/C14H25F3N2O/c1-3-19(9-10(2)8-18)13(20)11-5-4-6-12(7-11)14(15,16)17/h10-12H,3-9,18H2,1-2H3. The molecule has 1 aliphatic rings. The van der Waals surface area contributed by atoms with Crippen LogP contribution in [0.5, 0.6) is 0 Å². The van der Waals surface area contributed by atoms with Crippen LogP contribution in [0.1, 0.15) is 39.5 Å². The third kappa shape index (κ3) is 4.65. The number of amides is 1. The summed E-state index contributed by atoms with van der Waals surface area (Å²) >= 11 is 0. The SMILES string of the molecule is CCN(CC(C)CN)C(=O)C1CCCC(C(F)(F)F)C1. The van der Waals surface area contributed by atoms with Crippen LogP contribution in [0.4, 0.5) is 13.2 Å². The van der Waals surface area contributed by atoms with E-state index in [1.165, 1.54) is 0 Å². The van der Waals surface area contributed by atoms with Crippen molar-refractivity contribution in [2.24, 2.45) is 23.5 Å². The molecule has 0 aromatic heterocycles. The molecule has 0 aromatic carbocycles. The average molecular weight is 294 g/mol. The van der Waals surface area contributed by atoms with Crippen LogP contribution in [-0.4, -0.2) is 36.6 Å². The minimum atomic E-state index is -4.18. The van der Waals surface area contributed by atoms with E-state index in [2.05, 4.69) is 0 Å². The van der Waals surface area contributed by atoms with Gasteiger partial charge < -0.3 is 10.6 Å². The van der Waals surface area contributed by atoms with Crippen LogP contribution in [0, 0.1) is 17.8 Å². The molecule has 1 rings (SSSR count). The van der Waals surface area contributed by atoms with Crippen molar-refractivity contribution in [3.05, 3.63) is 0 Å². The number of carbonyl (C=O) groups excluding carboxylic acids is 1. The summed E-state index contributed by atoms with van der Waals surface area (Å²) in [5.41, 5.74) is 5.55. The van der Waals surface area contributed by atoms with Gasteiger partial charge in [-0.2, -0.15) is 13.2 Å². The summed E-state index contributed by atoms with van der Waals surface area (Å²) in [6, 6.07) is 0. The monoisotopic (exact) mass is 294 g/mol. The second-order valence-electron chi connectivity index (χ2n) is 5.82. The maximum atomic E-state index is 12.8. The molecule has 0 radical (unpaired) electrons. The second-order valence-corrected chi connectivity index (χ2v) is 5.82. The summed E-state index contributed by atoms with van der Waals surface area (Å²) in [5.74, 6) is -1.78. The molecule has 0 heterocycles. The molecule has 0 bridgehead atoms. The normalized spacial score (nSPS) is 25.3. The zero-order valence-electron chi connectivity index (χ0n) is 12.2. The first-order chi connectivity index (χ1) is 9.29. The van der Waals surface area contributed by atoms with Crippen molar-refractivity contribution in [2.45, 2.75) is 45.7 Å². The first-order valence-corrected chi connectivity index (χ1v) is 7.35. The summed E-state index contributed by atoms with van der Waals surface area (Å²) in [6.45, 7) is 5.32. The molecule has 0 saturated heterocycles. The molecule has 0 aliphatic heterocycles.